The summed E-state index contributed by atoms with van der Waals surface area (Å²) in [5, 5.41) is 9.28. The Morgan fingerprint density at radius 2 is 1.89 bits per heavy atom. The van der Waals surface area contributed by atoms with E-state index < -0.39 is 0 Å². The van der Waals surface area contributed by atoms with Crippen LogP contribution in [0.25, 0.3) is 22.3 Å². The van der Waals surface area contributed by atoms with E-state index in [-0.39, 0.29) is 11.4 Å². The molecular weight excluding hydrogens is 230 g/mol. The van der Waals surface area contributed by atoms with Gasteiger partial charge in [0.1, 0.15) is 5.75 Å². The Morgan fingerprint density at radius 1 is 1.17 bits per heavy atom. The van der Waals surface area contributed by atoms with E-state index in [0.29, 0.717) is 11.2 Å². The molecule has 18 heavy (non-hydrogen) atoms. The van der Waals surface area contributed by atoms with Crippen LogP contribution in [-0.2, 0) is 0 Å². The number of aryl methyl sites for hydroxylation is 1. The number of H-pyrrole nitrogens is 2. The summed E-state index contributed by atoms with van der Waals surface area (Å²) in [6.45, 7) is 1.88. The van der Waals surface area contributed by atoms with Gasteiger partial charge in [0.15, 0.2) is 5.65 Å². The van der Waals surface area contributed by atoms with Gasteiger partial charge >= 0.3 is 5.69 Å². The van der Waals surface area contributed by atoms with Gasteiger partial charge in [0.2, 0.25) is 0 Å². The number of nitrogens with zero attached hydrogens (tertiary/aromatic N) is 1. The Morgan fingerprint density at radius 3 is 2.61 bits per heavy atom. The summed E-state index contributed by atoms with van der Waals surface area (Å²) in [5.41, 5.74) is 3.66. The summed E-state index contributed by atoms with van der Waals surface area (Å²) in [6, 6.07) is 8.76. The highest BCUT2D eigenvalue weighted by molar-refractivity contribution is 5.79. The molecule has 0 saturated heterocycles. The smallest absolute Gasteiger partial charge is 0.325 e. The lowest BCUT2D eigenvalue weighted by Gasteiger charge is -2.05. The summed E-state index contributed by atoms with van der Waals surface area (Å²) in [6.07, 6.45) is 0. The lowest BCUT2D eigenvalue weighted by Crippen LogP contribution is -1.99. The molecule has 5 heteroatoms. The molecule has 2 aromatic heterocycles. The average molecular weight is 241 g/mol. The van der Waals surface area contributed by atoms with Gasteiger partial charge in [0, 0.05) is 11.3 Å². The fraction of sp³-hybridized carbons (Fsp3) is 0.0769. The first kappa shape index (κ1) is 10.6. The van der Waals surface area contributed by atoms with Gasteiger partial charge < -0.3 is 10.1 Å². The fourth-order valence-electron chi connectivity index (χ4n) is 1.99. The second-order valence-corrected chi connectivity index (χ2v) is 4.14. The van der Waals surface area contributed by atoms with Crippen LogP contribution in [-0.4, -0.2) is 20.1 Å². The second-order valence-electron chi connectivity index (χ2n) is 4.14. The van der Waals surface area contributed by atoms with Gasteiger partial charge in [0.05, 0.1) is 5.52 Å². The van der Waals surface area contributed by atoms with Crippen molar-refractivity contribution in [3.8, 4) is 16.9 Å². The molecule has 0 aliphatic rings. The van der Waals surface area contributed by atoms with Gasteiger partial charge in [-0.3, -0.25) is 4.98 Å². The van der Waals surface area contributed by atoms with Gasteiger partial charge in [-0.15, -0.1) is 0 Å². The average Bonchev–Trinajstić information content (AvgIpc) is 2.68. The van der Waals surface area contributed by atoms with Crippen LogP contribution in [0.1, 0.15) is 5.69 Å². The van der Waals surface area contributed by atoms with Crippen LogP contribution in [0.2, 0.25) is 0 Å². The Kier molecular flexibility index (Phi) is 2.19. The van der Waals surface area contributed by atoms with Crippen LogP contribution >= 0.6 is 0 Å². The highest BCUT2D eigenvalue weighted by Crippen LogP contribution is 2.25. The minimum Gasteiger partial charge on any atom is -0.508 e. The molecule has 0 fully saturated rings. The molecular formula is C13H11N3O2. The number of imidazole rings is 1. The van der Waals surface area contributed by atoms with Crippen molar-refractivity contribution in [3.05, 3.63) is 46.5 Å². The molecule has 0 saturated carbocycles. The van der Waals surface area contributed by atoms with E-state index in [1.807, 2.05) is 25.1 Å². The topological polar surface area (TPSA) is 81.8 Å². The number of pyridine rings is 1. The highest BCUT2D eigenvalue weighted by Gasteiger charge is 2.07. The number of aromatic nitrogens is 3. The van der Waals surface area contributed by atoms with Crippen LogP contribution in [0.5, 0.6) is 5.75 Å². The molecule has 0 atom stereocenters. The van der Waals surface area contributed by atoms with Gasteiger partial charge in [-0.05, 0) is 30.7 Å². The second kappa shape index (κ2) is 3.73. The van der Waals surface area contributed by atoms with Crippen LogP contribution in [0.3, 0.4) is 0 Å². The third-order valence-electron chi connectivity index (χ3n) is 2.87. The third-order valence-corrected chi connectivity index (χ3v) is 2.87. The summed E-state index contributed by atoms with van der Waals surface area (Å²) >= 11 is 0. The van der Waals surface area contributed by atoms with E-state index in [9.17, 15) is 9.90 Å². The van der Waals surface area contributed by atoms with Crippen molar-refractivity contribution in [1.29, 1.82) is 0 Å². The Bertz CT molecular complexity index is 769. The number of benzene rings is 1. The first-order chi connectivity index (χ1) is 8.63. The van der Waals surface area contributed by atoms with Crippen LogP contribution < -0.4 is 5.69 Å². The number of hydrogen-bond acceptors (Lipinski definition) is 3. The Labute approximate surface area is 102 Å². The quantitative estimate of drug-likeness (QED) is 0.608. The number of phenols is 1. The highest BCUT2D eigenvalue weighted by atomic mass is 16.3. The Balaban J connectivity index is 2.24. The molecule has 0 unspecified atom stereocenters. The monoisotopic (exact) mass is 241 g/mol. The van der Waals surface area contributed by atoms with Crippen molar-refractivity contribution >= 4 is 11.2 Å². The lowest BCUT2D eigenvalue weighted by molar-refractivity contribution is 0.475. The van der Waals surface area contributed by atoms with E-state index in [1.54, 1.807) is 12.1 Å². The molecule has 0 spiro atoms. The van der Waals surface area contributed by atoms with E-state index in [1.165, 1.54) is 0 Å². The number of rotatable bonds is 1. The summed E-state index contributed by atoms with van der Waals surface area (Å²) in [5.74, 6) is 0.223. The van der Waals surface area contributed by atoms with Crippen molar-refractivity contribution in [1.82, 2.24) is 15.0 Å². The minimum atomic E-state index is -0.264. The van der Waals surface area contributed by atoms with Crippen LogP contribution in [0.15, 0.2) is 35.1 Å². The molecule has 0 bridgehead atoms. The molecule has 5 nitrogen and oxygen atoms in total. The standard InChI is InChI=1S/C13H11N3O2/c1-7-10(8-2-4-9(17)5-3-8)6-11-12(14-7)16-13(18)15-11/h2-6,17H,1H3,(H2,14,15,16,18). The van der Waals surface area contributed by atoms with Gasteiger partial charge in [0.25, 0.3) is 0 Å². The van der Waals surface area contributed by atoms with E-state index in [4.69, 9.17) is 0 Å². The van der Waals surface area contributed by atoms with E-state index in [0.717, 1.165) is 16.8 Å². The molecule has 0 radical (unpaired) electrons. The molecule has 0 amide bonds. The number of phenolic OH excluding ortho intramolecular Hbond substituents is 1. The third kappa shape index (κ3) is 1.66. The zero-order valence-electron chi connectivity index (χ0n) is 9.69. The van der Waals surface area contributed by atoms with Crippen molar-refractivity contribution < 1.29 is 5.11 Å². The first-order valence-corrected chi connectivity index (χ1v) is 5.52. The molecule has 0 aliphatic heterocycles. The number of hydrogen-bond donors (Lipinski definition) is 3. The fourth-order valence-corrected chi connectivity index (χ4v) is 1.99. The minimum absolute atomic E-state index is 0.223. The molecule has 3 rings (SSSR count). The normalized spacial score (nSPS) is 10.9. The summed E-state index contributed by atoms with van der Waals surface area (Å²) in [4.78, 5) is 20.9. The zero-order chi connectivity index (χ0) is 12.7. The number of nitrogens with one attached hydrogen (secondary N) is 2. The number of fused-ring (bicyclic) bond motifs is 1. The molecule has 0 aliphatic carbocycles. The van der Waals surface area contributed by atoms with Crippen molar-refractivity contribution in [2.24, 2.45) is 0 Å². The lowest BCUT2D eigenvalue weighted by atomic mass is 10.0. The number of aromatic amines is 2. The first-order valence-electron chi connectivity index (χ1n) is 5.52. The summed E-state index contributed by atoms with van der Waals surface area (Å²) in [7, 11) is 0. The molecule has 90 valence electrons. The largest absolute Gasteiger partial charge is 0.508 e. The molecule has 3 aromatic rings. The maximum atomic E-state index is 11.2. The number of aromatic hydroxyl groups is 1. The van der Waals surface area contributed by atoms with Crippen molar-refractivity contribution in [2.75, 3.05) is 0 Å². The van der Waals surface area contributed by atoms with Gasteiger partial charge in [-0.25, -0.2) is 9.78 Å². The summed E-state index contributed by atoms with van der Waals surface area (Å²) < 4.78 is 0. The predicted molar refractivity (Wildman–Crippen MR) is 68.6 cm³/mol. The molecule has 2 heterocycles. The van der Waals surface area contributed by atoms with Crippen LogP contribution in [0.4, 0.5) is 0 Å². The van der Waals surface area contributed by atoms with E-state index >= 15 is 0 Å². The van der Waals surface area contributed by atoms with E-state index in [2.05, 4.69) is 15.0 Å². The van der Waals surface area contributed by atoms with Crippen molar-refractivity contribution in [3.63, 3.8) is 0 Å². The molecule has 3 N–H and O–H groups in total. The van der Waals surface area contributed by atoms with Gasteiger partial charge in [-0.1, -0.05) is 12.1 Å². The van der Waals surface area contributed by atoms with Crippen molar-refractivity contribution in [2.45, 2.75) is 6.92 Å². The Hall–Kier alpha value is -2.56. The maximum absolute atomic E-state index is 11.2. The SMILES string of the molecule is Cc1nc2[nH]c(=O)[nH]c2cc1-c1ccc(O)cc1. The maximum Gasteiger partial charge on any atom is 0.325 e. The van der Waals surface area contributed by atoms with Crippen LogP contribution in [0, 0.1) is 6.92 Å². The predicted octanol–water partition coefficient (Wildman–Crippen LogP) is 1.93. The van der Waals surface area contributed by atoms with Gasteiger partial charge in [-0.2, -0.15) is 0 Å². The zero-order valence-corrected chi connectivity index (χ0v) is 9.69. The molecule has 1 aromatic carbocycles.